The third kappa shape index (κ3) is 7.12. The second kappa shape index (κ2) is 10.8. The van der Waals surface area contributed by atoms with Crippen molar-refractivity contribution in [2.75, 3.05) is 33.9 Å². The van der Waals surface area contributed by atoms with Crippen LogP contribution in [-0.4, -0.2) is 56.1 Å². The molecule has 5 heteroatoms. The molecule has 1 N–H and O–H groups in total. The summed E-state index contributed by atoms with van der Waals surface area (Å²) in [6.07, 6.45) is 0.354. The van der Waals surface area contributed by atoms with Gasteiger partial charge in [-0.1, -0.05) is 12.1 Å². The zero-order chi connectivity index (χ0) is 19.6. The molecule has 2 unspecified atom stereocenters. The lowest BCUT2D eigenvalue weighted by atomic mass is 10.1. The summed E-state index contributed by atoms with van der Waals surface area (Å²) in [4.78, 5) is 2.15. The minimum absolute atomic E-state index is 0.258. The molecule has 0 aromatic heterocycles. The molecule has 0 aliphatic heterocycles. The van der Waals surface area contributed by atoms with Crippen molar-refractivity contribution in [3.05, 3.63) is 54.1 Å². The molecule has 0 spiro atoms. The third-order valence-electron chi connectivity index (χ3n) is 4.52. The van der Waals surface area contributed by atoms with Crippen molar-refractivity contribution >= 4 is 0 Å². The number of benzene rings is 2. The Bertz CT molecular complexity index is 657. The highest BCUT2D eigenvalue weighted by Crippen LogP contribution is 2.18. The first-order valence-electron chi connectivity index (χ1n) is 9.38. The second-order valence-corrected chi connectivity index (χ2v) is 6.71. The largest absolute Gasteiger partial charge is 0.497 e. The van der Waals surface area contributed by atoms with E-state index in [2.05, 4.69) is 24.0 Å². The van der Waals surface area contributed by atoms with E-state index in [9.17, 15) is 5.11 Å². The summed E-state index contributed by atoms with van der Waals surface area (Å²) in [7, 11) is 3.69. The first-order valence-corrected chi connectivity index (χ1v) is 9.38. The Morgan fingerprint density at radius 1 is 0.926 bits per heavy atom. The maximum Gasteiger partial charge on any atom is 0.119 e. The summed E-state index contributed by atoms with van der Waals surface area (Å²) >= 11 is 0. The summed E-state index contributed by atoms with van der Waals surface area (Å²) in [5, 5.41) is 10.3. The van der Waals surface area contributed by atoms with Crippen molar-refractivity contribution in [2.45, 2.75) is 32.4 Å². The number of ether oxygens (including phenoxy) is 3. The quantitative estimate of drug-likeness (QED) is 0.654. The van der Waals surface area contributed by atoms with Crippen LogP contribution in [0.15, 0.2) is 48.5 Å². The highest BCUT2D eigenvalue weighted by atomic mass is 16.5. The number of hydrogen-bond donors (Lipinski definition) is 1. The van der Waals surface area contributed by atoms with Gasteiger partial charge >= 0.3 is 0 Å². The van der Waals surface area contributed by atoms with Crippen LogP contribution in [-0.2, 0) is 6.42 Å². The van der Waals surface area contributed by atoms with Crippen molar-refractivity contribution in [3.8, 4) is 17.2 Å². The number of hydrogen-bond acceptors (Lipinski definition) is 5. The fourth-order valence-corrected chi connectivity index (χ4v) is 2.81. The zero-order valence-electron chi connectivity index (χ0n) is 16.7. The lowest BCUT2D eigenvalue weighted by Crippen LogP contribution is -2.39. The Morgan fingerprint density at radius 3 is 2.04 bits per heavy atom. The SMILES string of the molecule is CCOc1ccc(OCC(O)CN(C)C(C)Cc2ccc(OC)cc2)cc1. The first kappa shape index (κ1) is 21.1. The summed E-state index contributed by atoms with van der Waals surface area (Å²) in [5.41, 5.74) is 1.25. The fourth-order valence-electron chi connectivity index (χ4n) is 2.81. The molecule has 2 rings (SSSR count). The van der Waals surface area contributed by atoms with Crippen LogP contribution in [0.5, 0.6) is 17.2 Å². The molecule has 0 aliphatic rings. The summed E-state index contributed by atoms with van der Waals surface area (Å²) in [6.45, 7) is 5.55. The van der Waals surface area contributed by atoms with E-state index in [1.807, 2.05) is 50.4 Å². The Morgan fingerprint density at radius 2 is 1.48 bits per heavy atom. The lowest BCUT2D eigenvalue weighted by molar-refractivity contribution is 0.0654. The van der Waals surface area contributed by atoms with Crippen LogP contribution in [0.4, 0.5) is 0 Å². The Hall–Kier alpha value is -2.24. The summed E-state index contributed by atoms with van der Waals surface area (Å²) in [5.74, 6) is 2.41. The van der Waals surface area contributed by atoms with Gasteiger partial charge in [-0.05, 0) is 69.3 Å². The molecule has 2 aromatic carbocycles. The second-order valence-electron chi connectivity index (χ2n) is 6.71. The highest BCUT2D eigenvalue weighted by Gasteiger charge is 2.15. The highest BCUT2D eigenvalue weighted by molar-refractivity contribution is 5.31. The minimum atomic E-state index is -0.556. The van der Waals surface area contributed by atoms with E-state index in [4.69, 9.17) is 14.2 Å². The fraction of sp³-hybridized carbons (Fsp3) is 0.455. The monoisotopic (exact) mass is 373 g/mol. The number of aliphatic hydroxyl groups is 1. The van der Waals surface area contributed by atoms with Gasteiger partial charge in [0.2, 0.25) is 0 Å². The smallest absolute Gasteiger partial charge is 0.119 e. The van der Waals surface area contributed by atoms with Crippen LogP contribution >= 0.6 is 0 Å². The normalized spacial score (nSPS) is 13.3. The van der Waals surface area contributed by atoms with Gasteiger partial charge in [-0.25, -0.2) is 0 Å². The number of rotatable bonds is 11. The van der Waals surface area contributed by atoms with Gasteiger partial charge in [-0.15, -0.1) is 0 Å². The van der Waals surface area contributed by atoms with Crippen molar-refractivity contribution < 1.29 is 19.3 Å². The maximum atomic E-state index is 10.3. The van der Waals surface area contributed by atoms with Crippen molar-refractivity contribution in [3.63, 3.8) is 0 Å². The van der Waals surface area contributed by atoms with Gasteiger partial charge in [0.1, 0.15) is 30.0 Å². The Balaban J connectivity index is 1.75. The number of methoxy groups -OCH3 is 1. The molecular weight excluding hydrogens is 342 g/mol. The maximum absolute atomic E-state index is 10.3. The van der Waals surface area contributed by atoms with Crippen LogP contribution in [0.25, 0.3) is 0 Å². The molecular formula is C22H31NO4. The van der Waals surface area contributed by atoms with Crippen LogP contribution in [0.3, 0.4) is 0 Å². The van der Waals surface area contributed by atoms with E-state index >= 15 is 0 Å². The molecule has 0 heterocycles. The molecule has 27 heavy (non-hydrogen) atoms. The molecule has 2 atom stereocenters. The molecule has 0 aliphatic carbocycles. The van der Waals surface area contributed by atoms with Gasteiger partial charge in [-0.3, -0.25) is 0 Å². The Labute approximate surface area is 162 Å². The van der Waals surface area contributed by atoms with Crippen molar-refractivity contribution in [1.29, 1.82) is 0 Å². The molecule has 0 saturated heterocycles. The summed E-state index contributed by atoms with van der Waals surface area (Å²) < 4.78 is 16.3. The molecule has 0 fully saturated rings. The number of aliphatic hydroxyl groups excluding tert-OH is 1. The van der Waals surface area contributed by atoms with Crippen LogP contribution in [0.2, 0.25) is 0 Å². The standard InChI is InChI=1S/C22H31NO4/c1-5-26-21-10-12-22(13-11-21)27-16-19(24)15-23(3)17(2)14-18-6-8-20(25-4)9-7-18/h6-13,17,19,24H,5,14-16H2,1-4H3. The van der Waals surface area contributed by atoms with Gasteiger partial charge in [0.15, 0.2) is 0 Å². The average Bonchev–Trinajstić information content (AvgIpc) is 2.68. The van der Waals surface area contributed by atoms with Crippen molar-refractivity contribution in [2.24, 2.45) is 0 Å². The van der Waals surface area contributed by atoms with Gasteiger partial charge in [0, 0.05) is 12.6 Å². The lowest BCUT2D eigenvalue weighted by Gasteiger charge is -2.27. The topological polar surface area (TPSA) is 51.2 Å². The number of likely N-dealkylation sites (N-methyl/N-ethyl adjacent to an activating group) is 1. The van der Waals surface area contributed by atoms with Crippen LogP contribution < -0.4 is 14.2 Å². The van der Waals surface area contributed by atoms with E-state index in [1.165, 1.54) is 5.56 Å². The van der Waals surface area contributed by atoms with E-state index in [1.54, 1.807) is 7.11 Å². The van der Waals surface area contributed by atoms with E-state index in [0.29, 0.717) is 19.2 Å². The predicted molar refractivity (Wildman–Crippen MR) is 108 cm³/mol. The first-order chi connectivity index (χ1) is 13.0. The molecule has 0 amide bonds. The van der Waals surface area contributed by atoms with E-state index < -0.39 is 6.10 Å². The summed E-state index contributed by atoms with van der Waals surface area (Å²) in [6, 6.07) is 15.9. The molecule has 0 saturated carbocycles. The van der Waals surface area contributed by atoms with Crippen molar-refractivity contribution in [1.82, 2.24) is 4.90 Å². The van der Waals surface area contributed by atoms with Gasteiger partial charge in [0.05, 0.1) is 13.7 Å². The third-order valence-corrected chi connectivity index (χ3v) is 4.52. The predicted octanol–water partition coefficient (Wildman–Crippen LogP) is 3.40. The van der Waals surface area contributed by atoms with Gasteiger partial charge in [-0.2, -0.15) is 0 Å². The van der Waals surface area contributed by atoms with E-state index in [-0.39, 0.29) is 6.61 Å². The molecule has 0 radical (unpaired) electrons. The average molecular weight is 373 g/mol. The molecule has 5 nitrogen and oxygen atoms in total. The molecule has 2 aromatic rings. The van der Waals surface area contributed by atoms with E-state index in [0.717, 1.165) is 23.7 Å². The van der Waals surface area contributed by atoms with Crippen LogP contribution in [0, 0.1) is 0 Å². The van der Waals surface area contributed by atoms with Crippen LogP contribution in [0.1, 0.15) is 19.4 Å². The van der Waals surface area contributed by atoms with Gasteiger partial charge in [0.25, 0.3) is 0 Å². The molecule has 0 bridgehead atoms. The molecule has 148 valence electrons. The minimum Gasteiger partial charge on any atom is -0.497 e. The zero-order valence-corrected chi connectivity index (χ0v) is 16.7. The van der Waals surface area contributed by atoms with Gasteiger partial charge < -0.3 is 24.2 Å². The number of nitrogens with zero attached hydrogens (tertiary/aromatic N) is 1. The Kier molecular flexibility index (Phi) is 8.43.